The van der Waals surface area contributed by atoms with Crippen LogP contribution in [0.5, 0.6) is 0 Å². The number of piperidine rings is 1. The molecule has 3 heterocycles. The van der Waals surface area contributed by atoms with Crippen LogP contribution in [0.1, 0.15) is 45.6 Å². The van der Waals surface area contributed by atoms with Gasteiger partial charge in [0.1, 0.15) is 11.5 Å². The standard InChI is InChI=1S/C20H22N4OS/c1-23-11-9-21-19(23)16-8-5-10-24(13-16)20(25)17-14-26-18(22-17)12-15-6-3-2-4-7-15/h2-4,6-7,9,11,14,16H,5,8,10,12-13H2,1H3. The summed E-state index contributed by atoms with van der Waals surface area (Å²) in [5.74, 6) is 1.40. The molecule has 1 amide bonds. The van der Waals surface area contributed by atoms with E-state index in [1.54, 1.807) is 11.3 Å². The van der Waals surface area contributed by atoms with Gasteiger partial charge in [-0.2, -0.15) is 0 Å². The molecule has 6 heteroatoms. The molecule has 0 saturated carbocycles. The van der Waals surface area contributed by atoms with Crippen LogP contribution in [0.15, 0.2) is 48.1 Å². The molecule has 1 saturated heterocycles. The van der Waals surface area contributed by atoms with Gasteiger partial charge in [0.05, 0.1) is 5.01 Å². The zero-order chi connectivity index (χ0) is 17.9. The Labute approximate surface area is 157 Å². The summed E-state index contributed by atoms with van der Waals surface area (Å²) in [7, 11) is 2.01. The lowest BCUT2D eigenvalue weighted by atomic mass is 9.97. The molecule has 0 aliphatic carbocycles. The van der Waals surface area contributed by atoms with Gasteiger partial charge in [-0.1, -0.05) is 30.3 Å². The van der Waals surface area contributed by atoms with Crippen LogP contribution in [-0.2, 0) is 13.5 Å². The Morgan fingerprint density at radius 2 is 2.15 bits per heavy atom. The summed E-state index contributed by atoms with van der Waals surface area (Å²) in [5.41, 5.74) is 1.79. The second-order valence-corrected chi connectivity index (χ2v) is 7.72. The van der Waals surface area contributed by atoms with Crippen LogP contribution in [0, 0.1) is 0 Å². The molecule has 1 atom stereocenters. The molecular weight excluding hydrogens is 344 g/mol. The SMILES string of the molecule is Cn1ccnc1C1CCCN(C(=O)c2csc(Cc3ccccc3)n2)C1. The first-order chi connectivity index (χ1) is 12.7. The largest absolute Gasteiger partial charge is 0.338 e. The summed E-state index contributed by atoms with van der Waals surface area (Å²) in [4.78, 5) is 23.9. The fraction of sp³-hybridized carbons (Fsp3) is 0.350. The number of rotatable bonds is 4. The molecule has 26 heavy (non-hydrogen) atoms. The Balaban J connectivity index is 1.45. The van der Waals surface area contributed by atoms with E-state index in [-0.39, 0.29) is 5.91 Å². The molecule has 3 aromatic rings. The third-order valence-corrected chi connectivity index (χ3v) is 5.75. The molecule has 0 N–H and O–H groups in total. The monoisotopic (exact) mass is 366 g/mol. The van der Waals surface area contributed by atoms with Gasteiger partial charge in [0.2, 0.25) is 0 Å². The molecule has 0 spiro atoms. The summed E-state index contributed by atoms with van der Waals surface area (Å²) in [5, 5.41) is 2.88. The molecule has 1 aliphatic rings. The van der Waals surface area contributed by atoms with E-state index in [1.807, 2.05) is 47.9 Å². The van der Waals surface area contributed by atoms with Crippen molar-refractivity contribution in [1.29, 1.82) is 0 Å². The van der Waals surface area contributed by atoms with Crippen molar-refractivity contribution in [2.75, 3.05) is 13.1 Å². The van der Waals surface area contributed by atoms with Gasteiger partial charge in [0.25, 0.3) is 5.91 Å². The van der Waals surface area contributed by atoms with Crippen molar-refractivity contribution in [3.63, 3.8) is 0 Å². The number of carbonyl (C=O) groups excluding carboxylic acids is 1. The lowest BCUT2D eigenvalue weighted by Crippen LogP contribution is -2.39. The number of nitrogens with zero attached hydrogens (tertiary/aromatic N) is 4. The molecular formula is C20H22N4OS. The Morgan fingerprint density at radius 3 is 2.92 bits per heavy atom. The van der Waals surface area contributed by atoms with Crippen LogP contribution in [0.4, 0.5) is 0 Å². The summed E-state index contributed by atoms with van der Waals surface area (Å²) in [6, 6.07) is 10.2. The normalized spacial score (nSPS) is 17.4. The average molecular weight is 366 g/mol. The zero-order valence-corrected chi connectivity index (χ0v) is 15.7. The number of hydrogen-bond donors (Lipinski definition) is 0. The zero-order valence-electron chi connectivity index (χ0n) is 14.8. The van der Waals surface area contributed by atoms with E-state index in [4.69, 9.17) is 0 Å². The number of aromatic nitrogens is 3. The number of thiazole rings is 1. The van der Waals surface area contributed by atoms with E-state index >= 15 is 0 Å². The van der Waals surface area contributed by atoms with Crippen molar-refractivity contribution >= 4 is 17.2 Å². The molecule has 0 bridgehead atoms. The first-order valence-corrected chi connectivity index (χ1v) is 9.83. The molecule has 4 rings (SSSR count). The number of amides is 1. The highest BCUT2D eigenvalue weighted by molar-refractivity contribution is 7.09. The lowest BCUT2D eigenvalue weighted by molar-refractivity contribution is 0.0698. The van der Waals surface area contributed by atoms with E-state index in [1.165, 1.54) is 5.56 Å². The summed E-state index contributed by atoms with van der Waals surface area (Å²) < 4.78 is 2.06. The van der Waals surface area contributed by atoms with Gasteiger partial charge in [-0.3, -0.25) is 4.79 Å². The van der Waals surface area contributed by atoms with Crippen LogP contribution >= 0.6 is 11.3 Å². The minimum Gasteiger partial charge on any atom is -0.338 e. The highest BCUT2D eigenvalue weighted by Crippen LogP contribution is 2.27. The number of carbonyl (C=O) groups is 1. The van der Waals surface area contributed by atoms with E-state index < -0.39 is 0 Å². The van der Waals surface area contributed by atoms with Crippen LogP contribution in [0.3, 0.4) is 0 Å². The van der Waals surface area contributed by atoms with E-state index in [0.717, 1.165) is 43.2 Å². The Morgan fingerprint density at radius 1 is 1.31 bits per heavy atom. The number of imidazole rings is 1. The fourth-order valence-electron chi connectivity index (χ4n) is 3.57. The molecule has 5 nitrogen and oxygen atoms in total. The average Bonchev–Trinajstić information content (AvgIpc) is 3.31. The van der Waals surface area contributed by atoms with E-state index in [2.05, 4.69) is 26.7 Å². The van der Waals surface area contributed by atoms with Crippen molar-refractivity contribution in [2.24, 2.45) is 7.05 Å². The van der Waals surface area contributed by atoms with Gasteiger partial charge in [-0.05, 0) is 18.4 Å². The maximum absolute atomic E-state index is 12.9. The third kappa shape index (κ3) is 3.55. The molecule has 2 aromatic heterocycles. The van der Waals surface area contributed by atoms with Gasteiger partial charge < -0.3 is 9.47 Å². The fourth-order valence-corrected chi connectivity index (χ4v) is 4.37. The highest BCUT2D eigenvalue weighted by Gasteiger charge is 2.28. The topological polar surface area (TPSA) is 51.0 Å². The van der Waals surface area contributed by atoms with Crippen LogP contribution in [0.25, 0.3) is 0 Å². The lowest BCUT2D eigenvalue weighted by Gasteiger charge is -2.32. The van der Waals surface area contributed by atoms with Gasteiger partial charge in [-0.25, -0.2) is 9.97 Å². The van der Waals surface area contributed by atoms with Gasteiger partial charge >= 0.3 is 0 Å². The second-order valence-electron chi connectivity index (χ2n) is 6.78. The Kier molecular flexibility index (Phi) is 4.84. The van der Waals surface area contributed by atoms with Crippen LogP contribution < -0.4 is 0 Å². The minimum absolute atomic E-state index is 0.0412. The van der Waals surface area contributed by atoms with Crippen LogP contribution in [-0.4, -0.2) is 38.4 Å². The molecule has 0 radical (unpaired) electrons. The predicted octanol–water partition coefficient (Wildman–Crippen LogP) is 3.49. The quantitative estimate of drug-likeness (QED) is 0.710. The van der Waals surface area contributed by atoms with Gasteiger partial charge in [-0.15, -0.1) is 11.3 Å². The molecule has 134 valence electrons. The molecule has 1 aliphatic heterocycles. The van der Waals surface area contributed by atoms with Gasteiger partial charge in [0.15, 0.2) is 0 Å². The Hall–Kier alpha value is -2.47. The number of benzene rings is 1. The maximum atomic E-state index is 12.9. The number of hydrogen-bond acceptors (Lipinski definition) is 4. The maximum Gasteiger partial charge on any atom is 0.273 e. The molecule has 1 fully saturated rings. The van der Waals surface area contributed by atoms with Crippen LogP contribution in [0.2, 0.25) is 0 Å². The predicted molar refractivity (Wildman–Crippen MR) is 102 cm³/mol. The van der Waals surface area contributed by atoms with Crippen molar-refractivity contribution in [3.05, 3.63) is 70.2 Å². The van der Waals surface area contributed by atoms with Crippen molar-refractivity contribution in [3.8, 4) is 0 Å². The minimum atomic E-state index is 0.0412. The first-order valence-electron chi connectivity index (χ1n) is 8.95. The summed E-state index contributed by atoms with van der Waals surface area (Å²) >= 11 is 1.56. The van der Waals surface area contributed by atoms with Crippen molar-refractivity contribution in [1.82, 2.24) is 19.4 Å². The number of likely N-dealkylation sites (tertiary alicyclic amines) is 1. The first kappa shape index (κ1) is 17.0. The number of aryl methyl sites for hydroxylation is 1. The van der Waals surface area contributed by atoms with E-state index in [9.17, 15) is 4.79 Å². The molecule has 1 aromatic carbocycles. The van der Waals surface area contributed by atoms with Crippen molar-refractivity contribution < 1.29 is 4.79 Å². The highest BCUT2D eigenvalue weighted by atomic mass is 32.1. The smallest absolute Gasteiger partial charge is 0.273 e. The summed E-state index contributed by atoms with van der Waals surface area (Å²) in [6.07, 6.45) is 6.64. The van der Waals surface area contributed by atoms with Crippen molar-refractivity contribution in [2.45, 2.75) is 25.2 Å². The molecule has 1 unspecified atom stereocenters. The second kappa shape index (κ2) is 7.41. The summed E-state index contributed by atoms with van der Waals surface area (Å²) in [6.45, 7) is 1.51. The van der Waals surface area contributed by atoms with Gasteiger partial charge in [0, 0.05) is 50.2 Å². The van der Waals surface area contributed by atoms with E-state index in [0.29, 0.717) is 11.6 Å². The third-order valence-electron chi connectivity index (χ3n) is 4.90. The Bertz CT molecular complexity index is 886.